The van der Waals surface area contributed by atoms with Gasteiger partial charge in [0.25, 0.3) is 5.91 Å². The van der Waals surface area contributed by atoms with Crippen LogP contribution < -0.4 is 25.3 Å². The quantitative estimate of drug-likeness (QED) is 0.505. The molecule has 4 rings (SSSR count). The number of rotatable bonds is 10. The van der Waals surface area contributed by atoms with E-state index in [-0.39, 0.29) is 5.91 Å². The molecule has 1 aliphatic heterocycles. The highest BCUT2D eigenvalue weighted by Gasteiger charge is 2.27. The molecule has 2 unspecified atom stereocenters. The first kappa shape index (κ1) is 24.9. The second kappa shape index (κ2) is 11.0. The van der Waals surface area contributed by atoms with Gasteiger partial charge < -0.3 is 30.2 Å². The topological polar surface area (TPSA) is 103 Å². The normalized spacial score (nSPS) is 17.3. The molecule has 2 aromatic rings. The summed E-state index contributed by atoms with van der Waals surface area (Å²) in [6, 6.07) is 9.99. The number of benzene rings is 2. The molecule has 0 saturated heterocycles. The fourth-order valence-electron chi connectivity index (χ4n) is 4.85. The zero-order valence-corrected chi connectivity index (χ0v) is 20.8. The largest absolute Gasteiger partial charge is 0.493 e. The summed E-state index contributed by atoms with van der Waals surface area (Å²) in [6.07, 6.45) is 2.43. The first-order chi connectivity index (χ1) is 16.9. The number of hydrogen-bond acceptors (Lipinski definition) is 6. The van der Waals surface area contributed by atoms with Crippen molar-refractivity contribution in [1.29, 1.82) is 0 Å². The van der Waals surface area contributed by atoms with Crippen LogP contribution in [-0.2, 0) is 28.9 Å². The van der Waals surface area contributed by atoms with Crippen LogP contribution in [0.15, 0.2) is 30.3 Å². The van der Waals surface area contributed by atoms with E-state index in [0.29, 0.717) is 24.6 Å². The molecule has 8 heteroatoms. The van der Waals surface area contributed by atoms with Crippen molar-refractivity contribution in [3.05, 3.63) is 52.6 Å². The molecule has 0 bridgehead atoms. The van der Waals surface area contributed by atoms with Gasteiger partial charge in [-0.1, -0.05) is 6.07 Å². The molecule has 0 radical (unpaired) electrons. The van der Waals surface area contributed by atoms with Gasteiger partial charge in [0.2, 0.25) is 5.91 Å². The summed E-state index contributed by atoms with van der Waals surface area (Å²) in [5, 5.41) is 3.45. The minimum Gasteiger partial charge on any atom is -0.493 e. The van der Waals surface area contributed by atoms with E-state index < -0.39 is 12.0 Å². The summed E-state index contributed by atoms with van der Waals surface area (Å²) in [6.45, 7) is 4.58. The Kier molecular flexibility index (Phi) is 7.80. The molecule has 1 aliphatic carbocycles. The van der Waals surface area contributed by atoms with E-state index in [1.54, 1.807) is 21.1 Å². The standard InChI is InChI=1S/C27H35N3O5/c1-17(27(28)32)35-22-4-5-23-20(13-22)12-21(23)16-29-9-6-26(31)30-10-7-18-14-24(33-2)25(34-3)15-19(18)8-11-30/h4-5,13-15,17,21,29H,6-12,16H2,1-3H3,(H2,28,32). The number of ether oxygens (including phenoxy) is 3. The van der Waals surface area contributed by atoms with Crippen molar-refractivity contribution in [3.8, 4) is 17.2 Å². The van der Waals surface area contributed by atoms with Crippen LogP contribution in [-0.4, -0.2) is 63.2 Å². The van der Waals surface area contributed by atoms with Gasteiger partial charge in [-0.2, -0.15) is 0 Å². The van der Waals surface area contributed by atoms with Crippen molar-refractivity contribution in [1.82, 2.24) is 10.2 Å². The molecule has 2 amide bonds. The summed E-state index contributed by atoms with van der Waals surface area (Å²) in [4.78, 5) is 26.0. The van der Waals surface area contributed by atoms with Crippen LogP contribution in [0.25, 0.3) is 0 Å². The molecule has 0 saturated carbocycles. The van der Waals surface area contributed by atoms with E-state index in [1.165, 1.54) is 22.3 Å². The second-order valence-electron chi connectivity index (χ2n) is 9.23. The first-order valence-electron chi connectivity index (χ1n) is 12.2. The van der Waals surface area contributed by atoms with Gasteiger partial charge in [-0.05, 0) is 72.7 Å². The van der Waals surface area contributed by atoms with Gasteiger partial charge >= 0.3 is 0 Å². The lowest BCUT2D eigenvalue weighted by Gasteiger charge is -2.31. The van der Waals surface area contributed by atoms with E-state index in [9.17, 15) is 9.59 Å². The van der Waals surface area contributed by atoms with Crippen molar-refractivity contribution in [2.45, 2.75) is 44.6 Å². The van der Waals surface area contributed by atoms with Crippen molar-refractivity contribution in [3.63, 3.8) is 0 Å². The number of methoxy groups -OCH3 is 2. The molecule has 3 N–H and O–H groups in total. The summed E-state index contributed by atoms with van der Waals surface area (Å²) in [7, 11) is 3.29. The summed E-state index contributed by atoms with van der Waals surface area (Å²) < 4.78 is 16.4. The summed E-state index contributed by atoms with van der Waals surface area (Å²) in [5.41, 5.74) is 10.2. The Morgan fingerprint density at radius 1 is 1.06 bits per heavy atom. The molecule has 0 aromatic heterocycles. The third-order valence-electron chi connectivity index (χ3n) is 7.00. The maximum Gasteiger partial charge on any atom is 0.258 e. The average molecular weight is 482 g/mol. The van der Waals surface area contributed by atoms with Crippen LogP contribution in [0.5, 0.6) is 17.2 Å². The van der Waals surface area contributed by atoms with Crippen LogP contribution in [0.4, 0.5) is 0 Å². The van der Waals surface area contributed by atoms with Crippen molar-refractivity contribution < 1.29 is 23.8 Å². The van der Waals surface area contributed by atoms with Gasteiger partial charge in [-0.3, -0.25) is 9.59 Å². The van der Waals surface area contributed by atoms with E-state index in [1.807, 2.05) is 29.2 Å². The number of fused-ring (bicyclic) bond motifs is 2. The molecule has 188 valence electrons. The number of nitrogens with one attached hydrogen (secondary N) is 1. The predicted molar refractivity (Wildman–Crippen MR) is 133 cm³/mol. The molecule has 35 heavy (non-hydrogen) atoms. The molecule has 2 atom stereocenters. The first-order valence-corrected chi connectivity index (χ1v) is 12.2. The lowest BCUT2D eigenvalue weighted by Crippen LogP contribution is -2.36. The summed E-state index contributed by atoms with van der Waals surface area (Å²) in [5.74, 6) is 2.27. The molecular formula is C27H35N3O5. The molecule has 2 aliphatic rings. The molecule has 2 aromatic carbocycles. The minimum atomic E-state index is -0.646. The van der Waals surface area contributed by atoms with Crippen LogP contribution in [0.1, 0.15) is 41.5 Å². The monoisotopic (exact) mass is 481 g/mol. The highest BCUT2D eigenvalue weighted by atomic mass is 16.5. The van der Waals surface area contributed by atoms with E-state index >= 15 is 0 Å². The number of carbonyl (C=O) groups is 2. The number of carbonyl (C=O) groups excluding carboxylic acids is 2. The van der Waals surface area contributed by atoms with Gasteiger partial charge in [0.05, 0.1) is 14.2 Å². The van der Waals surface area contributed by atoms with Crippen molar-refractivity contribution in [2.75, 3.05) is 40.4 Å². The number of hydrogen-bond donors (Lipinski definition) is 2. The smallest absolute Gasteiger partial charge is 0.258 e. The maximum atomic E-state index is 12.8. The third kappa shape index (κ3) is 5.70. The fraction of sp³-hybridized carbons (Fsp3) is 0.481. The SMILES string of the molecule is COc1cc2c(cc1OC)CCN(C(=O)CCNCC1Cc3cc(OC(C)C(N)=O)ccc31)CC2. The van der Waals surface area contributed by atoms with Gasteiger partial charge in [0, 0.05) is 38.5 Å². The van der Waals surface area contributed by atoms with Crippen LogP contribution in [0.3, 0.4) is 0 Å². The van der Waals surface area contributed by atoms with Crippen LogP contribution in [0, 0.1) is 0 Å². The zero-order valence-electron chi connectivity index (χ0n) is 20.8. The lowest BCUT2D eigenvalue weighted by atomic mass is 9.77. The van der Waals surface area contributed by atoms with Crippen molar-refractivity contribution >= 4 is 11.8 Å². The third-order valence-corrected chi connectivity index (χ3v) is 7.00. The van der Waals surface area contributed by atoms with E-state index in [2.05, 4.69) is 11.4 Å². The number of amides is 2. The van der Waals surface area contributed by atoms with Crippen molar-refractivity contribution in [2.24, 2.45) is 5.73 Å². The molecular weight excluding hydrogens is 446 g/mol. The van der Waals surface area contributed by atoms with E-state index in [0.717, 1.165) is 50.4 Å². The maximum absolute atomic E-state index is 12.8. The zero-order chi connectivity index (χ0) is 24.9. The molecule has 0 fully saturated rings. The Labute approximate surface area is 206 Å². The predicted octanol–water partition coefficient (Wildman–Crippen LogP) is 2.20. The Hall–Kier alpha value is -3.26. The van der Waals surface area contributed by atoms with Gasteiger partial charge in [-0.25, -0.2) is 0 Å². The van der Waals surface area contributed by atoms with Gasteiger partial charge in [-0.15, -0.1) is 0 Å². The van der Waals surface area contributed by atoms with Crippen LogP contribution in [0.2, 0.25) is 0 Å². The number of primary amides is 1. The minimum absolute atomic E-state index is 0.184. The second-order valence-corrected chi connectivity index (χ2v) is 9.23. The molecule has 8 nitrogen and oxygen atoms in total. The highest BCUT2D eigenvalue weighted by Crippen LogP contribution is 2.37. The molecule has 0 spiro atoms. The molecule has 1 heterocycles. The Morgan fingerprint density at radius 2 is 1.71 bits per heavy atom. The highest BCUT2D eigenvalue weighted by molar-refractivity contribution is 5.78. The van der Waals surface area contributed by atoms with Crippen LogP contribution >= 0.6 is 0 Å². The van der Waals surface area contributed by atoms with Gasteiger partial charge in [0.15, 0.2) is 17.6 Å². The number of nitrogens with two attached hydrogens (primary N) is 1. The Balaban J connectivity index is 1.21. The lowest BCUT2D eigenvalue weighted by molar-refractivity contribution is -0.131. The average Bonchev–Trinajstić information content (AvgIpc) is 3.05. The Bertz CT molecular complexity index is 1050. The fourth-order valence-corrected chi connectivity index (χ4v) is 4.85. The van der Waals surface area contributed by atoms with E-state index in [4.69, 9.17) is 19.9 Å². The summed E-state index contributed by atoms with van der Waals surface area (Å²) >= 11 is 0. The van der Waals surface area contributed by atoms with Gasteiger partial charge in [0.1, 0.15) is 5.75 Å². The number of nitrogens with zero attached hydrogens (tertiary/aromatic N) is 1. The Morgan fingerprint density at radius 3 is 2.29 bits per heavy atom.